The van der Waals surface area contributed by atoms with Crippen molar-refractivity contribution in [2.45, 2.75) is 0 Å². The van der Waals surface area contributed by atoms with Crippen LogP contribution in [0.3, 0.4) is 0 Å². The molecule has 0 atom stereocenters. The van der Waals surface area contributed by atoms with Crippen LogP contribution < -0.4 is 0 Å². The molecule has 1 N–H and O–H groups in total. The molecule has 5 heteroatoms. The van der Waals surface area contributed by atoms with Crippen molar-refractivity contribution in [1.82, 2.24) is 4.90 Å². The van der Waals surface area contributed by atoms with E-state index in [1.54, 1.807) is 6.07 Å². The Labute approximate surface area is 76.8 Å². The SMILES string of the molecule is C=CCOC(=O)N(CC#N)CCO. The van der Waals surface area contributed by atoms with E-state index in [2.05, 4.69) is 11.3 Å². The number of rotatable bonds is 5. The summed E-state index contributed by atoms with van der Waals surface area (Å²) >= 11 is 0. The molecule has 5 nitrogen and oxygen atoms in total. The van der Waals surface area contributed by atoms with Crippen LogP contribution in [0.4, 0.5) is 4.79 Å². The number of aliphatic hydroxyl groups excluding tert-OH is 1. The van der Waals surface area contributed by atoms with Gasteiger partial charge in [0.25, 0.3) is 0 Å². The normalized spacial score (nSPS) is 8.62. The predicted octanol–water partition coefficient (Wildman–Crippen LogP) is 0.127. The largest absolute Gasteiger partial charge is 0.445 e. The summed E-state index contributed by atoms with van der Waals surface area (Å²) in [5, 5.41) is 16.9. The van der Waals surface area contributed by atoms with Crippen molar-refractivity contribution in [2.75, 3.05) is 26.3 Å². The van der Waals surface area contributed by atoms with Crippen LogP contribution in [0.15, 0.2) is 12.7 Å². The Morgan fingerprint density at radius 3 is 2.92 bits per heavy atom. The lowest BCUT2D eigenvalue weighted by molar-refractivity contribution is 0.108. The smallest absolute Gasteiger partial charge is 0.411 e. The maximum absolute atomic E-state index is 11.1. The zero-order chi connectivity index (χ0) is 10.1. The van der Waals surface area contributed by atoms with E-state index in [9.17, 15) is 4.79 Å². The summed E-state index contributed by atoms with van der Waals surface area (Å²) in [6, 6.07) is 1.80. The van der Waals surface area contributed by atoms with Crippen LogP contribution in [0.1, 0.15) is 0 Å². The van der Waals surface area contributed by atoms with E-state index in [4.69, 9.17) is 10.4 Å². The number of ether oxygens (including phenoxy) is 1. The molecule has 0 saturated carbocycles. The van der Waals surface area contributed by atoms with Crippen molar-refractivity contribution in [3.63, 3.8) is 0 Å². The van der Waals surface area contributed by atoms with Crippen molar-refractivity contribution < 1.29 is 14.6 Å². The molecule has 0 spiro atoms. The summed E-state index contributed by atoms with van der Waals surface area (Å²) < 4.78 is 4.67. The van der Waals surface area contributed by atoms with Gasteiger partial charge in [-0.2, -0.15) is 5.26 Å². The zero-order valence-corrected chi connectivity index (χ0v) is 7.27. The molecule has 0 fully saturated rings. The van der Waals surface area contributed by atoms with Crippen LogP contribution in [0.25, 0.3) is 0 Å². The lowest BCUT2D eigenvalue weighted by atomic mass is 10.5. The molecule has 0 rings (SSSR count). The van der Waals surface area contributed by atoms with Gasteiger partial charge >= 0.3 is 6.09 Å². The topological polar surface area (TPSA) is 73.6 Å². The molecule has 0 unspecified atom stereocenters. The van der Waals surface area contributed by atoms with Gasteiger partial charge in [-0.1, -0.05) is 12.7 Å². The molecule has 0 aromatic heterocycles. The van der Waals surface area contributed by atoms with Gasteiger partial charge in [0.1, 0.15) is 13.2 Å². The van der Waals surface area contributed by atoms with E-state index in [0.29, 0.717) is 0 Å². The Balaban J connectivity index is 3.96. The van der Waals surface area contributed by atoms with Gasteiger partial charge < -0.3 is 9.84 Å². The van der Waals surface area contributed by atoms with Gasteiger partial charge in [-0.05, 0) is 0 Å². The van der Waals surface area contributed by atoms with Crippen LogP contribution in [0.5, 0.6) is 0 Å². The number of hydrogen-bond acceptors (Lipinski definition) is 4. The molecule has 0 aliphatic rings. The van der Waals surface area contributed by atoms with Crippen molar-refractivity contribution in [3.05, 3.63) is 12.7 Å². The third-order valence-corrected chi connectivity index (χ3v) is 1.21. The minimum Gasteiger partial charge on any atom is -0.445 e. The molecule has 1 amide bonds. The van der Waals surface area contributed by atoms with Gasteiger partial charge in [-0.15, -0.1) is 0 Å². The molecule has 0 aliphatic carbocycles. The van der Waals surface area contributed by atoms with E-state index in [0.717, 1.165) is 4.90 Å². The molecule has 72 valence electrons. The van der Waals surface area contributed by atoms with Gasteiger partial charge in [0, 0.05) is 6.54 Å². The number of carbonyl (C=O) groups is 1. The van der Waals surface area contributed by atoms with E-state index in [-0.39, 0.29) is 26.3 Å². The fourth-order valence-corrected chi connectivity index (χ4v) is 0.662. The van der Waals surface area contributed by atoms with E-state index in [1.807, 2.05) is 0 Å². The highest BCUT2D eigenvalue weighted by atomic mass is 16.6. The van der Waals surface area contributed by atoms with Crippen LogP contribution in [0.2, 0.25) is 0 Å². The fraction of sp³-hybridized carbons (Fsp3) is 0.500. The zero-order valence-electron chi connectivity index (χ0n) is 7.27. The first-order chi connectivity index (χ1) is 6.26. The molecule has 0 radical (unpaired) electrons. The Morgan fingerprint density at radius 1 is 1.77 bits per heavy atom. The van der Waals surface area contributed by atoms with Crippen molar-refractivity contribution >= 4 is 6.09 Å². The second kappa shape index (κ2) is 7.13. The lowest BCUT2D eigenvalue weighted by Gasteiger charge is -2.16. The maximum Gasteiger partial charge on any atom is 0.411 e. The molecule has 0 aromatic carbocycles. The number of aliphatic hydroxyl groups is 1. The van der Waals surface area contributed by atoms with E-state index >= 15 is 0 Å². The van der Waals surface area contributed by atoms with Gasteiger partial charge in [0.2, 0.25) is 0 Å². The molecule has 0 aliphatic heterocycles. The first-order valence-electron chi connectivity index (χ1n) is 3.76. The summed E-state index contributed by atoms with van der Waals surface area (Å²) in [5.74, 6) is 0. The van der Waals surface area contributed by atoms with E-state index < -0.39 is 6.09 Å². The summed E-state index contributed by atoms with van der Waals surface area (Å²) in [7, 11) is 0. The van der Waals surface area contributed by atoms with Gasteiger partial charge in [0.15, 0.2) is 0 Å². The highest BCUT2D eigenvalue weighted by Gasteiger charge is 2.12. The van der Waals surface area contributed by atoms with Crippen molar-refractivity contribution in [2.24, 2.45) is 0 Å². The van der Waals surface area contributed by atoms with Crippen LogP contribution in [0, 0.1) is 11.3 Å². The quantitative estimate of drug-likeness (QED) is 0.486. The van der Waals surface area contributed by atoms with E-state index in [1.165, 1.54) is 6.08 Å². The third-order valence-electron chi connectivity index (χ3n) is 1.21. The minimum atomic E-state index is -0.615. The Bertz CT molecular complexity index is 210. The average molecular weight is 184 g/mol. The van der Waals surface area contributed by atoms with Crippen LogP contribution >= 0.6 is 0 Å². The van der Waals surface area contributed by atoms with Crippen LogP contribution in [-0.2, 0) is 4.74 Å². The van der Waals surface area contributed by atoms with Crippen molar-refractivity contribution in [1.29, 1.82) is 5.26 Å². The number of nitriles is 1. The Kier molecular flexibility index (Phi) is 6.28. The first kappa shape index (κ1) is 11.5. The molecule has 13 heavy (non-hydrogen) atoms. The number of carbonyl (C=O) groups excluding carboxylic acids is 1. The second-order valence-electron chi connectivity index (χ2n) is 2.17. The monoisotopic (exact) mass is 184 g/mol. The summed E-state index contributed by atoms with van der Waals surface area (Å²) in [4.78, 5) is 12.2. The lowest BCUT2D eigenvalue weighted by Crippen LogP contribution is -2.34. The average Bonchev–Trinajstić information content (AvgIpc) is 2.14. The first-order valence-corrected chi connectivity index (χ1v) is 3.76. The Morgan fingerprint density at radius 2 is 2.46 bits per heavy atom. The Hall–Kier alpha value is -1.54. The predicted molar refractivity (Wildman–Crippen MR) is 45.8 cm³/mol. The number of amides is 1. The second-order valence-corrected chi connectivity index (χ2v) is 2.17. The molecule has 0 saturated heterocycles. The number of nitrogens with zero attached hydrogens (tertiary/aromatic N) is 2. The standard InChI is InChI=1S/C8H12N2O3/c1-2-7-13-8(12)10(4-3-9)5-6-11/h2,11H,1,4-7H2. The van der Waals surface area contributed by atoms with Gasteiger partial charge in [-0.3, -0.25) is 4.90 Å². The fourth-order valence-electron chi connectivity index (χ4n) is 0.662. The molecular formula is C8H12N2O3. The van der Waals surface area contributed by atoms with Gasteiger partial charge in [0.05, 0.1) is 12.7 Å². The van der Waals surface area contributed by atoms with Crippen LogP contribution in [-0.4, -0.2) is 42.4 Å². The molecule has 0 bridgehead atoms. The summed E-state index contributed by atoms with van der Waals surface area (Å²) in [6.07, 6.45) is 0.817. The van der Waals surface area contributed by atoms with Gasteiger partial charge in [-0.25, -0.2) is 4.79 Å². The highest BCUT2D eigenvalue weighted by Crippen LogP contribution is 1.92. The number of hydrogen-bond donors (Lipinski definition) is 1. The summed E-state index contributed by atoms with van der Waals surface area (Å²) in [6.45, 7) is 3.30. The molecular weight excluding hydrogens is 172 g/mol. The molecule has 0 aromatic rings. The summed E-state index contributed by atoms with van der Waals surface area (Å²) in [5.41, 5.74) is 0. The van der Waals surface area contributed by atoms with Crippen molar-refractivity contribution in [3.8, 4) is 6.07 Å². The molecule has 0 heterocycles. The minimum absolute atomic E-state index is 0.0868. The highest BCUT2D eigenvalue weighted by molar-refractivity contribution is 5.68. The third kappa shape index (κ3) is 4.82. The maximum atomic E-state index is 11.1.